The molecule has 176 valence electrons. The van der Waals surface area contributed by atoms with Crippen LogP contribution >= 0.6 is 0 Å². The van der Waals surface area contributed by atoms with E-state index in [0.717, 1.165) is 6.42 Å². The number of carbonyl (C=O) groups excluding carboxylic acids is 3. The monoisotopic (exact) mass is 448 g/mol. The van der Waals surface area contributed by atoms with Crippen molar-refractivity contribution in [3.63, 3.8) is 0 Å². The Hall–Kier alpha value is -3.01. The smallest absolute Gasteiger partial charge is 0.409 e. The molecule has 10 heteroatoms. The highest BCUT2D eigenvalue weighted by Crippen LogP contribution is 2.32. The van der Waals surface area contributed by atoms with Gasteiger partial charge in [0.1, 0.15) is 13.2 Å². The lowest BCUT2D eigenvalue weighted by Crippen LogP contribution is -2.49. The summed E-state index contributed by atoms with van der Waals surface area (Å²) >= 11 is 0. The van der Waals surface area contributed by atoms with Gasteiger partial charge in [0.15, 0.2) is 11.5 Å². The van der Waals surface area contributed by atoms with E-state index in [1.165, 1.54) is 0 Å². The van der Waals surface area contributed by atoms with Crippen LogP contribution in [-0.2, 0) is 9.53 Å². The number of fused-ring (bicyclic) bond motifs is 1. The van der Waals surface area contributed by atoms with Crippen LogP contribution in [0.1, 0.15) is 27.2 Å². The van der Waals surface area contributed by atoms with Crippen LogP contribution in [0.2, 0.25) is 0 Å². The van der Waals surface area contributed by atoms with Crippen molar-refractivity contribution < 1.29 is 28.6 Å². The molecular formula is C22H32N4O6. The quantitative estimate of drug-likeness (QED) is 0.711. The molecule has 0 spiro atoms. The summed E-state index contributed by atoms with van der Waals surface area (Å²) in [6.45, 7) is 9.26. The van der Waals surface area contributed by atoms with Gasteiger partial charge in [-0.15, -0.1) is 0 Å². The summed E-state index contributed by atoms with van der Waals surface area (Å²) in [6.07, 6.45) is 0.397. The maximum atomic E-state index is 12.6. The molecule has 2 aliphatic rings. The van der Waals surface area contributed by atoms with Crippen molar-refractivity contribution in [3.8, 4) is 11.5 Å². The van der Waals surface area contributed by atoms with Crippen molar-refractivity contribution in [1.29, 1.82) is 0 Å². The number of benzene rings is 1. The van der Waals surface area contributed by atoms with Crippen LogP contribution < -0.4 is 20.1 Å². The van der Waals surface area contributed by atoms with Crippen molar-refractivity contribution in [1.82, 2.24) is 15.1 Å². The van der Waals surface area contributed by atoms with Gasteiger partial charge in [-0.3, -0.25) is 15.0 Å². The van der Waals surface area contributed by atoms with Crippen molar-refractivity contribution in [2.75, 3.05) is 51.3 Å². The van der Waals surface area contributed by atoms with Gasteiger partial charge < -0.3 is 24.4 Å². The fourth-order valence-electron chi connectivity index (χ4n) is 3.50. The van der Waals surface area contributed by atoms with Crippen LogP contribution in [-0.4, -0.2) is 79.9 Å². The van der Waals surface area contributed by atoms with E-state index < -0.39 is 18.0 Å². The molecule has 1 unspecified atom stereocenters. The van der Waals surface area contributed by atoms with E-state index in [1.807, 2.05) is 18.7 Å². The Balaban J connectivity index is 1.47. The van der Waals surface area contributed by atoms with Crippen molar-refractivity contribution >= 4 is 23.7 Å². The Labute approximate surface area is 188 Å². The summed E-state index contributed by atoms with van der Waals surface area (Å²) in [6, 6.07) is 3.91. The third-order valence-corrected chi connectivity index (χ3v) is 5.29. The van der Waals surface area contributed by atoms with E-state index >= 15 is 0 Å². The molecule has 2 N–H and O–H groups in total. The average Bonchev–Trinajstić information content (AvgIpc) is 3.03. The topological polar surface area (TPSA) is 109 Å². The number of carbonyl (C=O) groups is 3. The van der Waals surface area contributed by atoms with Crippen molar-refractivity contribution in [2.45, 2.75) is 33.2 Å². The zero-order valence-corrected chi connectivity index (χ0v) is 18.9. The summed E-state index contributed by atoms with van der Waals surface area (Å²) < 4.78 is 16.3. The molecule has 0 saturated carbocycles. The van der Waals surface area contributed by atoms with Gasteiger partial charge in [0, 0.05) is 37.9 Å². The molecule has 2 heterocycles. The summed E-state index contributed by atoms with van der Waals surface area (Å²) in [5.74, 6) is 1.04. The fraction of sp³-hybridized carbons (Fsp3) is 0.591. The Morgan fingerprint density at radius 3 is 2.53 bits per heavy atom. The van der Waals surface area contributed by atoms with Gasteiger partial charge in [-0.25, -0.2) is 9.59 Å². The van der Waals surface area contributed by atoms with E-state index in [1.54, 1.807) is 30.0 Å². The van der Waals surface area contributed by atoms with Crippen LogP contribution in [0.4, 0.5) is 15.3 Å². The maximum Gasteiger partial charge on any atom is 0.409 e. The van der Waals surface area contributed by atoms with Crippen molar-refractivity contribution in [3.05, 3.63) is 18.2 Å². The fourth-order valence-corrected chi connectivity index (χ4v) is 3.50. The minimum atomic E-state index is -0.618. The second kappa shape index (κ2) is 11.0. The van der Waals surface area contributed by atoms with Crippen LogP contribution in [0.3, 0.4) is 0 Å². The number of rotatable bonds is 5. The number of imide groups is 1. The van der Waals surface area contributed by atoms with E-state index in [0.29, 0.717) is 63.2 Å². The van der Waals surface area contributed by atoms with E-state index in [2.05, 4.69) is 10.6 Å². The average molecular weight is 449 g/mol. The van der Waals surface area contributed by atoms with Gasteiger partial charge in [0.25, 0.3) is 0 Å². The minimum Gasteiger partial charge on any atom is -0.486 e. The highest BCUT2D eigenvalue weighted by molar-refractivity contribution is 6.02. The number of ether oxygens (including phenoxy) is 3. The molecule has 32 heavy (non-hydrogen) atoms. The summed E-state index contributed by atoms with van der Waals surface area (Å²) in [7, 11) is 0. The maximum absolute atomic E-state index is 12.6. The number of anilines is 1. The lowest BCUT2D eigenvalue weighted by molar-refractivity contribution is -0.124. The van der Waals surface area contributed by atoms with Gasteiger partial charge in [0.2, 0.25) is 5.91 Å². The molecule has 4 amide bonds. The third-order valence-electron chi connectivity index (χ3n) is 5.29. The van der Waals surface area contributed by atoms with Crippen LogP contribution in [0.25, 0.3) is 0 Å². The van der Waals surface area contributed by atoms with Gasteiger partial charge in [0.05, 0.1) is 12.6 Å². The molecule has 0 radical (unpaired) electrons. The number of amides is 4. The summed E-state index contributed by atoms with van der Waals surface area (Å²) in [5.41, 5.74) is 0.498. The Morgan fingerprint density at radius 2 is 1.78 bits per heavy atom. The van der Waals surface area contributed by atoms with Gasteiger partial charge in [-0.1, -0.05) is 13.8 Å². The normalized spacial score (nSPS) is 17.3. The van der Waals surface area contributed by atoms with E-state index in [9.17, 15) is 14.4 Å². The second-order valence-corrected chi connectivity index (χ2v) is 8.33. The third kappa shape index (κ3) is 6.49. The molecule has 2 aliphatic heterocycles. The second-order valence-electron chi connectivity index (χ2n) is 8.33. The van der Waals surface area contributed by atoms with Gasteiger partial charge in [-0.2, -0.15) is 0 Å². The molecule has 1 fully saturated rings. The number of urea groups is 1. The predicted molar refractivity (Wildman–Crippen MR) is 118 cm³/mol. The molecule has 1 saturated heterocycles. The number of nitrogens with one attached hydrogen (secondary N) is 2. The molecule has 0 aromatic heterocycles. The number of hydrogen-bond acceptors (Lipinski definition) is 7. The SMILES string of the molecule is CC(C)COC(=O)N1CCCN(C(C)C(=O)NC(=O)Nc2ccc3c(c2)OCCO3)CC1. The minimum absolute atomic E-state index is 0.277. The molecule has 0 aliphatic carbocycles. The Bertz CT molecular complexity index is 831. The predicted octanol–water partition coefficient (Wildman–Crippen LogP) is 2.29. The Kier molecular flexibility index (Phi) is 8.15. The van der Waals surface area contributed by atoms with Gasteiger partial charge in [-0.05, 0) is 31.4 Å². The number of hydrogen-bond donors (Lipinski definition) is 2. The Morgan fingerprint density at radius 1 is 1.03 bits per heavy atom. The standard InChI is InChI=1S/C22H32N4O6/c1-15(2)14-32-22(29)26-8-4-7-25(9-10-26)16(3)20(27)24-21(28)23-17-5-6-18-19(13-17)31-12-11-30-18/h5-6,13,15-16H,4,7-12,14H2,1-3H3,(H2,23,24,27,28). The summed E-state index contributed by atoms with van der Waals surface area (Å²) in [5, 5.41) is 5.03. The molecule has 3 rings (SSSR count). The van der Waals surface area contributed by atoms with E-state index in [-0.39, 0.29) is 12.0 Å². The number of nitrogens with zero attached hydrogens (tertiary/aromatic N) is 2. The molecular weight excluding hydrogens is 416 g/mol. The molecule has 1 aromatic carbocycles. The molecule has 1 aromatic rings. The molecule has 1 atom stereocenters. The first-order valence-corrected chi connectivity index (χ1v) is 11.0. The zero-order chi connectivity index (χ0) is 23.1. The molecule has 0 bridgehead atoms. The van der Waals surface area contributed by atoms with Crippen molar-refractivity contribution in [2.24, 2.45) is 5.92 Å². The molecule has 10 nitrogen and oxygen atoms in total. The summed E-state index contributed by atoms with van der Waals surface area (Å²) in [4.78, 5) is 40.8. The van der Waals surface area contributed by atoms with Crippen LogP contribution in [0, 0.1) is 5.92 Å². The largest absolute Gasteiger partial charge is 0.486 e. The zero-order valence-electron chi connectivity index (χ0n) is 18.9. The lowest BCUT2D eigenvalue weighted by Gasteiger charge is -2.26. The lowest BCUT2D eigenvalue weighted by atomic mass is 10.2. The van der Waals surface area contributed by atoms with Crippen LogP contribution in [0.5, 0.6) is 11.5 Å². The van der Waals surface area contributed by atoms with Gasteiger partial charge >= 0.3 is 12.1 Å². The van der Waals surface area contributed by atoms with E-state index in [4.69, 9.17) is 14.2 Å². The van der Waals surface area contributed by atoms with Crippen LogP contribution in [0.15, 0.2) is 18.2 Å². The highest BCUT2D eigenvalue weighted by Gasteiger charge is 2.27. The first-order valence-electron chi connectivity index (χ1n) is 11.0. The first-order chi connectivity index (χ1) is 15.3. The first kappa shape index (κ1) is 23.6. The highest BCUT2D eigenvalue weighted by atomic mass is 16.6.